The molecule has 2 aromatic rings. The van der Waals surface area contributed by atoms with Crippen LogP contribution in [0.15, 0.2) is 42.7 Å². The minimum atomic E-state index is 1.16. The van der Waals surface area contributed by atoms with Crippen molar-refractivity contribution in [1.82, 2.24) is 4.57 Å². The summed E-state index contributed by atoms with van der Waals surface area (Å²) in [5, 5.41) is 0. The van der Waals surface area contributed by atoms with E-state index in [0.717, 1.165) is 6.54 Å². The maximum Gasteiger partial charge on any atom is 0.261 e. The molecule has 1 aromatic heterocycles. The number of aromatic nitrogens is 2. The highest BCUT2D eigenvalue weighted by Crippen LogP contribution is 2.14. The maximum atomic E-state index is 2.52. The number of rotatable bonds is 17. The van der Waals surface area contributed by atoms with Gasteiger partial charge in [-0.15, -0.1) is 0 Å². The molecule has 0 spiro atoms. The van der Waals surface area contributed by atoms with Crippen LogP contribution in [0, 0.1) is 0 Å². The second-order valence-corrected chi connectivity index (χ2v) is 8.61. The third kappa shape index (κ3) is 9.19. The van der Waals surface area contributed by atoms with Gasteiger partial charge in [0, 0.05) is 6.42 Å². The lowest BCUT2D eigenvalue weighted by Crippen LogP contribution is -2.37. The first-order chi connectivity index (χ1) is 14.4. The van der Waals surface area contributed by atoms with Gasteiger partial charge in [-0.2, -0.15) is 4.57 Å². The Balaban J connectivity index is 1.85. The van der Waals surface area contributed by atoms with Crippen molar-refractivity contribution >= 4 is 0 Å². The van der Waals surface area contributed by atoms with Crippen molar-refractivity contribution in [1.29, 1.82) is 0 Å². The minimum Gasteiger partial charge on any atom is -0.234 e. The summed E-state index contributed by atoms with van der Waals surface area (Å²) in [7, 11) is 0. The quantitative estimate of drug-likeness (QED) is 0.190. The first kappa shape index (κ1) is 23.7. The van der Waals surface area contributed by atoms with Crippen LogP contribution < -0.4 is 4.57 Å². The predicted octanol–water partition coefficient (Wildman–Crippen LogP) is 7.81. The van der Waals surface area contributed by atoms with Gasteiger partial charge in [-0.1, -0.05) is 103 Å². The summed E-state index contributed by atoms with van der Waals surface area (Å²) >= 11 is 0. The fourth-order valence-electron chi connectivity index (χ4n) is 4.23. The first-order valence-electron chi connectivity index (χ1n) is 12.5. The molecule has 2 nitrogen and oxygen atoms in total. The highest BCUT2D eigenvalue weighted by atomic mass is 15.1. The molecule has 0 saturated carbocycles. The summed E-state index contributed by atoms with van der Waals surface area (Å²) in [4.78, 5) is 0. The lowest BCUT2D eigenvalue weighted by atomic mass is 10.1. The van der Waals surface area contributed by atoms with Crippen LogP contribution in [0.25, 0.3) is 5.69 Å². The number of benzene rings is 1. The van der Waals surface area contributed by atoms with Crippen molar-refractivity contribution in [2.45, 2.75) is 117 Å². The molecule has 162 valence electrons. The average molecular weight is 398 g/mol. The molecule has 0 N–H and O–H groups in total. The molecule has 0 atom stereocenters. The number of imidazole rings is 1. The Kier molecular flexibility index (Phi) is 12.5. The van der Waals surface area contributed by atoms with Crippen LogP contribution in [0.4, 0.5) is 0 Å². The molecule has 29 heavy (non-hydrogen) atoms. The zero-order chi connectivity index (χ0) is 20.6. The normalized spacial score (nSPS) is 11.2. The summed E-state index contributed by atoms with van der Waals surface area (Å²) in [6, 6.07) is 10.9. The zero-order valence-corrected chi connectivity index (χ0v) is 19.2. The number of unbranched alkanes of at least 4 members (excludes halogenated alkanes) is 12. The standard InChI is InChI=1S/C27H45N2/c1-3-5-7-9-11-12-13-18-22-27-28(23-19-14-10-8-6-4-2)24-25-29(27)26-20-16-15-17-21-26/h15-17,20-21,24-25H,3-14,18-19,22-23H2,1-2H3/q+1. The second kappa shape index (κ2) is 15.3. The van der Waals surface area contributed by atoms with E-state index in [9.17, 15) is 0 Å². The molecule has 0 fully saturated rings. The van der Waals surface area contributed by atoms with Gasteiger partial charge in [0.15, 0.2) is 0 Å². The summed E-state index contributed by atoms with van der Waals surface area (Å²) in [6.45, 7) is 5.75. The Hall–Kier alpha value is -1.57. The Bertz CT molecular complexity index is 629. The van der Waals surface area contributed by atoms with Crippen molar-refractivity contribution < 1.29 is 4.57 Å². The van der Waals surface area contributed by atoms with Crippen molar-refractivity contribution in [2.75, 3.05) is 0 Å². The summed E-state index contributed by atoms with van der Waals surface area (Å²) in [6.07, 6.45) is 25.0. The third-order valence-corrected chi connectivity index (χ3v) is 6.05. The van der Waals surface area contributed by atoms with Crippen molar-refractivity contribution in [3.63, 3.8) is 0 Å². The highest BCUT2D eigenvalue weighted by Gasteiger charge is 2.18. The lowest BCUT2D eigenvalue weighted by molar-refractivity contribution is -0.704. The van der Waals surface area contributed by atoms with Crippen LogP contribution in [-0.2, 0) is 13.0 Å². The van der Waals surface area contributed by atoms with E-state index in [-0.39, 0.29) is 0 Å². The molecule has 0 aliphatic rings. The van der Waals surface area contributed by atoms with E-state index in [0.29, 0.717) is 0 Å². The second-order valence-electron chi connectivity index (χ2n) is 8.61. The van der Waals surface area contributed by atoms with E-state index in [2.05, 4.69) is 65.7 Å². The molecular weight excluding hydrogens is 352 g/mol. The van der Waals surface area contributed by atoms with Gasteiger partial charge in [-0.3, -0.25) is 0 Å². The molecule has 0 saturated heterocycles. The molecule has 0 unspecified atom stereocenters. The van der Waals surface area contributed by atoms with Gasteiger partial charge in [0.1, 0.15) is 18.1 Å². The smallest absolute Gasteiger partial charge is 0.234 e. The van der Waals surface area contributed by atoms with Gasteiger partial charge < -0.3 is 0 Å². The molecular formula is C27H45N2+. The highest BCUT2D eigenvalue weighted by molar-refractivity contribution is 5.31. The van der Waals surface area contributed by atoms with Crippen LogP contribution in [0.2, 0.25) is 0 Å². The summed E-state index contributed by atoms with van der Waals surface area (Å²) < 4.78 is 4.94. The fourth-order valence-corrected chi connectivity index (χ4v) is 4.23. The number of para-hydroxylation sites is 1. The van der Waals surface area contributed by atoms with Crippen LogP contribution in [-0.4, -0.2) is 4.57 Å². The van der Waals surface area contributed by atoms with Crippen LogP contribution in [0.5, 0.6) is 0 Å². The molecule has 0 radical (unpaired) electrons. The Morgan fingerprint density at radius 1 is 0.655 bits per heavy atom. The summed E-state index contributed by atoms with van der Waals surface area (Å²) in [5.74, 6) is 1.48. The lowest BCUT2D eigenvalue weighted by Gasteiger charge is -2.06. The van der Waals surface area contributed by atoms with Crippen molar-refractivity contribution in [2.24, 2.45) is 0 Å². The summed E-state index contributed by atoms with van der Waals surface area (Å²) in [5.41, 5.74) is 1.30. The molecule has 2 heteroatoms. The third-order valence-electron chi connectivity index (χ3n) is 6.05. The van der Waals surface area contributed by atoms with Crippen molar-refractivity contribution in [3.05, 3.63) is 48.5 Å². The average Bonchev–Trinajstić information content (AvgIpc) is 3.16. The van der Waals surface area contributed by atoms with Crippen LogP contribution in [0.3, 0.4) is 0 Å². The van der Waals surface area contributed by atoms with Gasteiger partial charge in [0.25, 0.3) is 5.82 Å². The molecule has 0 bridgehead atoms. The van der Waals surface area contributed by atoms with E-state index in [1.54, 1.807) is 0 Å². The van der Waals surface area contributed by atoms with Gasteiger partial charge in [-0.05, 0) is 31.4 Å². The Labute approximate surface area is 180 Å². The number of hydrogen-bond donors (Lipinski definition) is 0. The molecule has 0 aliphatic carbocycles. The number of nitrogens with zero attached hydrogens (tertiary/aromatic N) is 2. The van der Waals surface area contributed by atoms with Crippen molar-refractivity contribution in [3.8, 4) is 5.69 Å². The first-order valence-corrected chi connectivity index (χ1v) is 12.5. The minimum absolute atomic E-state index is 1.16. The van der Waals surface area contributed by atoms with Gasteiger partial charge in [0.05, 0.1) is 6.54 Å². The van der Waals surface area contributed by atoms with E-state index < -0.39 is 0 Å². The van der Waals surface area contributed by atoms with Gasteiger partial charge >= 0.3 is 0 Å². The largest absolute Gasteiger partial charge is 0.261 e. The van der Waals surface area contributed by atoms with E-state index >= 15 is 0 Å². The monoisotopic (exact) mass is 397 g/mol. The zero-order valence-electron chi connectivity index (χ0n) is 19.2. The topological polar surface area (TPSA) is 8.81 Å². The van der Waals surface area contributed by atoms with E-state index in [1.807, 2.05) is 0 Å². The van der Waals surface area contributed by atoms with E-state index in [4.69, 9.17) is 0 Å². The Morgan fingerprint density at radius 2 is 1.21 bits per heavy atom. The van der Waals surface area contributed by atoms with E-state index in [1.165, 1.54) is 108 Å². The van der Waals surface area contributed by atoms with Crippen LogP contribution in [0.1, 0.15) is 110 Å². The van der Waals surface area contributed by atoms with Gasteiger partial charge in [-0.25, -0.2) is 4.57 Å². The van der Waals surface area contributed by atoms with Gasteiger partial charge in [0.2, 0.25) is 0 Å². The fraction of sp³-hybridized carbons (Fsp3) is 0.667. The molecule has 1 aromatic carbocycles. The number of aryl methyl sites for hydroxylation is 1. The number of hydrogen-bond acceptors (Lipinski definition) is 0. The predicted molar refractivity (Wildman–Crippen MR) is 126 cm³/mol. The van der Waals surface area contributed by atoms with Crippen LogP contribution >= 0.6 is 0 Å². The molecule has 0 amide bonds. The maximum absolute atomic E-state index is 2.52. The molecule has 2 rings (SSSR count). The molecule has 1 heterocycles. The Morgan fingerprint density at radius 3 is 1.83 bits per heavy atom. The molecule has 0 aliphatic heterocycles. The SMILES string of the molecule is CCCCCCCCCCc1n(-c2ccccc2)cc[n+]1CCCCCCCC.